The zero-order valence-electron chi connectivity index (χ0n) is 18.2. The molecule has 1 saturated heterocycles. The number of aliphatic hydroxyl groups excluding tert-OH is 1. The Labute approximate surface area is 195 Å². The number of aliphatic hydroxyl groups is 1. The zero-order chi connectivity index (χ0) is 22.6. The molecule has 4 atom stereocenters. The predicted octanol–water partition coefficient (Wildman–Crippen LogP) is 6.79. The van der Waals surface area contributed by atoms with E-state index in [0.29, 0.717) is 35.7 Å². The highest BCUT2D eigenvalue weighted by Crippen LogP contribution is 2.53. The number of likely N-dealkylation sites (tertiary alicyclic amines) is 1. The van der Waals surface area contributed by atoms with Crippen molar-refractivity contribution in [3.05, 3.63) is 82.4 Å². The summed E-state index contributed by atoms with van der Waals surface area (Å²) in [6, 6.07) is 15.1. The highest BCUT2D eigenvalue weighted by molar-refractivity contribution is 6.30. The van der Waals surface area contributed by atoms with Crippen LogP contribution in [0.4, 0.5) is 0 Å². The van der Waals surface area contributed by atoms with Gasteiger partial charge in [-0.25, -0.2) is 0 Å². The standard InChI is InChI=1S/C26H31Cl2NO2/c1-4-14-26(6-3)16-23(19-8-7-9-21(28)15-19)24(18-10-12-20(27)13-11-18)29(25(26)31)22(5-2)17-30/h4,7-13,15,22-24,30H,1,5-6,14,16-17H2,2-3H3/t22?,23-,24-,26+/m1/s1. The Kier molecular flexibility index (Phi) is 7.85. The lowest BCUT2D eigenvalue weighted by Crippen LogP contribution is -2.57. The van der Waals surface area contributed by atoms with Gasteiger partial charge >= 0.3 is 0 Å². The molecule has 5 heteroatoms. The molecule has 1 fully saturated rings. The van der Waals surface area contributed by atoms with Crippen molar-refractivity contribution in [2.75, 3.05) is 6.61 Å². The van der Waals surface area contributed by atoms with E-state index >= 15 is 0 Å². The van der Waals surface area contributed by atoms with Crippen molar-refractivity contribution in [2.45, 2.75) is 57.5 Å². The van der Waals surface area contributed by atoms with E-state index in [0.717, 1.165) is 11.1 Å². The second-order valence-corrected chi connectivity index (χ2v) is 9.32. The summed E-state index contributed by atoms with van der Waals surface area (Å²) in [7, 11) is 0. The van der Waals surface area contributed by atoms with Crippen molar-refractivity contribution in [1.82, 2.24) is 4.90 Å². The van der Waals surface area contributed by atoms with E-state index in [4.69, 9.17) is 23.2 Å². The van der Waals surface area contributed by atoms with Crippen LogP contribution in [-0.2, 0) is 4.79 Å². The van der Waals surface area contributed by atoms with Gasteiger partial charge in [-0.1, -0.05) is 67.4 Å². The topological polar surface area (TPSA) is 40.5 Å². The van der Waals surface area contributed by atoms with E-state index in [9.17, 15) is 9.90 Å². The molecule has 3 rings (SSSR count). The molecule has 1 unspecified atom stereocenters. The molecule has 1 heterocycles. The van der Waals surface area contributed by atoms with Gasteiger partial charge in [0.1, 0.15) is 0 Å². The Bertz CT molecular complexity index is 910. The molecule has 3 nitrogen and oxygen atoms in total. The molecule has 1 aliphatic heterocycles. The Morgan fingerprint density at radius 3 is 2.42 bits per heavy atom. The van der Waals surface area contributed by atoms with E-state index in [-0.39, 0.29) is 30.5 Å². The lowest BCUT2D eigenvalue weighted by Gasteiger charge is -2.52. The minimum absolute atomic E-state index is 0.0260. The minimum atomic E-state index is -0.555. The van der Waals surface area contributed by atoms with Gasteiger partial charge in [-0.15, -0.1) is 6.58 Å². The largest absolute Gasteiger partial charge is 0.394 e. The fraction of sp³-hybridized carbons (Fsp3) is 0.423. The van der Waals surface area contributed by atoms with Gasteiger partial charge in [-0.3, -0.25) is 4.79 Å². The minimum Gasteiger partial charge on any atom is -0.394 e. The summed E-state index contributed by atoms with van der Waals surface area (Å²) in [6.07, 6.45) is 4.52. The lowest BCUT2D eigenvalue weighted by molar-refractivity contribution is -0.157. The van der Waals surface area contributed by atoms with Gasteiger partial charge in [0.05, 0.1) is 24.1 Å². The third-order valence-electron chi connectivity index (χ3n) is 6.76. The number of amides is 1. The van der Waals surface area contributed by atoms with E-state index in [2.05, 4.69) is 19.6 Å². The van der Waals surface area contributed by atoms with Gasteiger partial charge in [0, 0.05) is 16.0 Å². The molecular formula is C26H31Cl2NO2. The number of rotatable bonds is 8. The summed E-state index contributed by atoms with van der Waals surface area (Å²) in [5.41, 5.74) is 1.55. The third-order valence-corrected chi connectivity index (χ3v) is 7.24. The summed E-state index contributed by atoms with van der Waals surface area (Å²) in [5, 5.41) is 11.6. The molecule has 0 bridgehead atoms. The van der Waals surface area contributed by atoms with E-state index in [1.807, 2.05) is 60.4 Å². The first kappa shape index (κ1) is 23.8. The van der Waals surface area contributed by atoms with Gasteiger partial charge in [0.15, 0.2) is 0 Å². The van der Waals surface area contributed by atoms with E-state index in [1.165, 1.54) is 0 Å². The van der Waals surface area contributed by atoms with Gasteiger partial charge in [-0.2, -0.15) is 0 Å². The second kappa shape index (κ2) is 10.2. The van der Waals surface area contributed by atoms with Gasteiger partial charge in [0.2, 0.25) is 5.91 Å². The van der Waals surface area contributed by atoms with Crippen LogP contribution in [0.2, 0.25) is 10.0 Å². The van der Waals surface area contributed by atoms with Crippen molar-refractivity contribution in [2.24, 2.45) is 5.41 Å². The molecular weight excluding hydrogens is 429 g/mol. The predicted molar refractivity (Wildman–Crippen MR) is 129 cm³/mol. The molecule has 0 aromatic heterocycles. The molecule has 0 aliphatic carbocycles. The molecule has 1 aliphatic rings. The van der Waals surface area contributed by atoms with Crippen LogP contribution in [0.25, 0.3) is 0 Å². The van der Waals surface area contributed by atoms with Gasteiger partial charge in [0.25, 0.3) is 0 Å². The van der Waals surface area contributed by atoms with Crippen molar-refractivity contribution in [3.63, 3.8) is 0 Å². The first-order chi connectivity index (χ1) is 14.9. The normalized spacial score (nSPS) is 24.8. The monoisotopic (exact) mass is 459 g/mol. The van der Waals surface area contributed by atoms with Crippen LogP contribution >= 0.6 is 23.2 Å². The number of carbonyl (C=O) groups excluding carboxylic acids is 1. The number of nitrogens with zero attached hydrogens (tertiary/aromatic N) is 1. The number of hydrogen-bond donors (Lipinski definition) is 1. The van der Waals surface area contributed by atoms with Crippen LogP contribution in [0.15, 0.2) is 61.2 Å². The Hall–Kier alpha value is -1.81. The Morgan fingerprint density at radius 2 is 1.87 bits per heavy atom. The summed E-state index contributed by atoms with van der Waals surface area (Å²) < 4.78 is 0. The summed E-state index contributed by atoms with van der Waals surface area (Å²) >= 11 is 12.5. The average Bonchev–Trinajstić information content (AvgIpc) is 2.77. The summed E-state index contributed by atoms with van der Waals surface area (Å²) in [5.74, 6) is 0.118. The van der Waals surface area contributed by atoms with Crippen LogP contribution in [-0.4, -0.2) is 28.6 Å². The van der Waals surface area contributed by atoms with Crippen LogP contribution in [0.1, 0.15) is 62.6 Å². The molecule has 2 aromatic carbocycles. The highest BCUT2D eigenvalue weighted by atomic mass is 35.5. The Balaban J connectivity index is 2.24. The number of allylic oxidation sites excluding steroid dienone is 1. The summed E-state index contributed by atoms with van der Waals surface area (Å²) in [4.78, 5) is 16.0. The molecule has 1 amide bonds. The second-order valence-electron chi connectivity index (χ2n) is 8.45. The number of piperidine rings is 1. The van der Waals surface area contributed by atoms with Crippen LogP contribution in [0.3, 0.4) is 0 Å². The quantitative estimate of drug-likeness (QED) is 0.441. The van der Waals surface area contributed by atoms with Crippen LogP contribution in [0.5, 0.6) is 0 Å². The maximum absolute atomic E-state index is 14.0. The molecule has 1 N–H and O–H groups in total. The van der Waals surface area contributed by atoms with E-state index in [1.54, 1.807) is 0 Å². The van der Waals surface area contributed by atoms with Crippen molar-refractivity contribution in [1.29, 1.82) is 0 Å². The molecule has 0 saturated carbocycles. The molecule has 0 spiro atoms. The molecule has 31 heavy (non-hydrogen) atoms. The van der Waals surface area contributed by atoms with Crippen LogP contribution in [0, 0.1) is 5.41 Å². The maximum Gasteiger partial charge on any atom is 0.229 e. The first-order valence-corrected chi connectivity index (χ1v) is 11.7. The highest BCUT2D eigenvalue weighted by Gasteiger charge is 2.52. The van der Waals surface area contributed by atoms with Gasteiger partial charge < -0.3 is 10.0 Å². The molecule has 166 valence electrons. The molecule has 0 radical (unpaired) electrons. The number of carbonyl (C=O) groups is 1. The number of benzene rings is 2. The van der Waals surface area contributed by atoms with E-state index < -0.39 is 5.41 Å². The fourth-order valence-corrected chi connectivity index (χ4v) is 5.32. The smallest absolute Gasteiger partial charge is 0.229 e. The first-order valence-electron chi connectivity index (χ1n) is 11.0. The Morgan fingerprint density at radius 1 is 1.16 bits per heavy atom. The lowest BCUT2D eigenvalue weighted by atomic mass is 9.65. The van der Waals surface area contributed by atoms with Crippen molar-refractivity contribution in [3.8, 4) is 0 Å². The molecule has 2 aromatic rings. The zero-order valence-corrected chi connectivity index (χ0v) is 19.7. The SMILES string of the molecule is C=CC[C@@]1(CC)C[C@H](c2cccc(Cl)c2)[C@@H](c2ccc(Cl)cc2)N(C(CC)CO)C1=O. The van der Waals surface area contributed by atoms with Crippen LogP contribution < -0.4 is 0 Å². The fourth-order valence-electron chi connectivity index (χ4n) is 5.00. The van der Waals surface area contributed by atoms with Crippen molar-refractivity contribution < 1.29 is 9.90 Å². The third kappa shape index (κ3) is 4.69. The van der Waals surface area contributed by atoms with Crippen molar-refractivity contribution >= 4 is 29.1 Å². The average molecular weight is 460 g/mol. The van der Waals surface area contributed by atoms with Gasteiger partial charge in [-0.05, 0) is 61.1 Å². The maximum atomic E-state index is 14.0. The summed E-state index contributed by atoms with van der Waals surface area (Å²) in [6.45, 7) is 7.93. The number of hydrogen-bond acceptors (Lipinski definition) is 2. The number of halogens is 2.